The van der Waals surface area contributed by atoms with Crippen LogP contribution in [-0.2, 0) is 4.79 Å². The van der Waals surface area contributed by atoms with E-state index in [1.807, 2.05) is 41.3 Å². The number of nitrogens with one attached hydrogen (secondary N) is 2. The van der Waals surface area contributed by atoms with Gasteiger partial charge in [-0.25, -0.2) is 0 Å². The molecule has 1 aromatic heterocycles. The molecule has 0 spiro atoms. The number of hydrogen-bond acceptors (Lipinski definition) is 6. The van der Waals surface area contributed by atoms with Gasteiger partial charge < -0.3 is 20.6 Å². The molecule has 0 radical (unpaired) electrons. The Morgan fingerprint density at radius 2 is 2.06 bits per heavy atom. The number of hydrogen-bond donors (Lipinski definition) is 3. The Kier molecular flexibility index (Phi) is 8.12. The van der Waals surface area contributed by atoms with Gasteiger partial charge >= 0.3 is 5.97 Å². The van der Waals surface area contributed by atoms with Crippen LogP contribution in [0, 0.1) is 5.92 Å². The van der Waals surface area contributed by atoms with Gasteiger partial charge in [-0.05, 0) is 73.8 Å². The Morgan fingerprint density at radius 3 is 2.76 bits per heavy atom. The maximum absolute atomic E-state index is 13.1. The zero-order chi connectivity index (χ0) is 23.8. The van der Waals surface area contributed by atoms with Crippen LogP contribution in [0.2, 0.25) is 0 Å². The number of carboxylic acids is 1. The molecular weight excluding hydrogens is 430 g/mol. The van der Waals surface area contributed by atoms with Crippen molar-refractivity contribution in [2.24, 2.45) is 10.9 Å². The van der Waals surface area contributed by atoms with E-state index in [1.165, 1.54) is 0 Å². The molecule has 8 nitrogen and oxygen atoms in total. The zero-order valence-electron chi connectivity index (χ0n) is 19.4. The summed E-state index contributed by atoms with van der Waals surface area (Å²) in [7, 11) is 0. The first kappa shape index (κ1) is 23.7. The Labute approximate surface area is 200 Å². The predicted molar refractivity (Wildman–Crippen MR) is 132 cm³/mol. The average molecular weight is 464 g/mol. The zero-order valence-corrected chi connectivity index (χ0v) is 19.4. The fourth-order valence-electron chi connectivity index (χ4n) is 4.74. The van der Waals surface area contributed by atoms with Gasteiger partial charge in [0, 0.05) is 49.8 Å². The molecule has 3 N–H and O–H groups in total. The lowest BCUT2D eigenvalue weighted by molar-refractivity contribution is -0.137. The number of carbonyl (C=O) groups excluding carboxylic acids is 1. The molecule has 8 heteroatoms. The lowest BCUT2D eigenvalue weighted by Crippen LogP contribution is -2.38. The summed E-state index contributed by atoms with van der Waals surface area (Å²) in [6, 6.07) is 11.4. The Morgan fingerprint density at radius 1 is 1.21 bits per heavy atom. The summed E-state index contributed by atoms with van der Waals surface area (Å²) in [5.41, 5.74) is 2.52. The number of amides is 1. The molecule has 2 aliphatic rings. The third-order valence-electron chi connectivity index (χ3n) is 6.67. The van der Waals surface area contributed by atoms with Crippen LogP contribution in [0.1, 0.15) is 60.4 Å². The summed E-state index contributed by atoms with van der Waals surface area (Å²) < 4.78 is 0. The summed E-state index contributed by atoms with van der Waals surface area (Å²) in [5, 5.41) is 15.8. The molecule has 1 atom stereocenters. The fourth-order valence-corrected chi connectivity index (χ4v) is 4.74. The van der Waals surface area contributed by atoms with Crippen LogP contribution in [0.5, 0.6) is 0 Å². The second-order valence-electron chi connectivity index (χ2n) is 9.11. The standard InChI is InChI=1S/C26H33N5O3/c32-24(33)17-20(22-5-2-11-27-18-22)8-7-19-9-14-31(15-10-19)25(34)21-4-1-6-23(16-21)30-26-28-12-3-13-29-26/h1-2,4-6,11,16,18-20H,3,7-10,12-15,17H2,(H,32,33)(H2,28,29,30). The first-order valence-electron chi connectivity index (χ1n) is 12.1. The minimum absolute atomic E-state index is 0.0237. The Bertz CT molecular complexity index is 1000. The van der Waals surface area contributed by atoms with Crippen molar-refractivity contribution in [2.75, 3.05) is 31.5 Å². The van der Waals surface area contributed by atoms with E-state index in [9.17, 15) is 14.7 Å². The summed E-state index contributed by atoms with van der Waals surface area (Å²) in [6.07, 6.45) is 8.30. The summed E-state index contributed by atoms with van der Waals surface area (Å²) in [4.78, 5) is 35.0. The van der Waals surface area contributed by atoms with Crippen LogP contribution < -0.4 is 10.6 Å². The van der Waals surface area contributed by atoms with Gasteiger partial charge in [0.1, 0.15) is 0 Å². The quantitative estimate of drug-likeness (QED) is 0.551. The first-order valence-corrected chi connectivity index (χ1v) is 12.1. The van der Waals surface area contributed by atoms with E-state index in [0.29, 0.717) is 11.5 Å². The van der Waals surface area contributed by atoms with Crippen LogP contribution in [0.25, 0.3) is 0 Å². The molecule has 0 bridgehead atoms. The van der Waals surface area contributed by atoms with Gasteiger partial charge in [0.05, 0.1) is 6.42 Å². The molecule has 0 saturated carbocycles. The van der Waals surface area contributed by atoms with Gasteiger partial charge in [-0.2, -0.15) is 0 Å². The number of piperidine rings is 1. The molecule has 1 aromatic carbocycles. The second kappa shape index (κ2) is 11.6. The van der Waals surface area contributed by atoms with Crippen molar-refractivity contribution in [1.82, 2.24) is 15.2 Å². The number of carbonyl (C=O) groups is 2. The number of anilines is 1. The first-order chi connectivity index (χ1) is 16.6. The third-order valence-corrected chi connectivity index (χ3v) is 6.67. The molecule has 1 unspecified atom stereocenters. The number of aromatic nitrogens is 1. The van der Waals surface area contributed by atoms with Gasteiger partial charge in [0.2, 0.25) is 0 Å². The van der Waals surface area contributed by atoms with Gasteiger partial charge in [0.25, 0.3) is 5.91 Å². The largest absolute Gasteiger partial charge is 0.481 e. The lowest BCUT2D eigenvalue weighted by Gasteiger charge is -2.32. The number of aliphatic carboxylic acids is 1. The molecule has 2 aromatic rings. The molecule has 0 aliphatic carbocycles. The second-order valence-corrected chi connectivity index (χ2v) is 9.11. The average Bonchev–Trinajstić information content (AvgIpc) is 2.87. The third kappa shape index (κ3) is 6.56. The highest BCUT2D eigenvalue weighted by atomic mass is 16.4. The van der Waals surface area contributed by atoms with Crippen LogP contribution >= 0.6 is 0 Å². The maximum atomic E-state index is 13.1. The molecule has 3 heterocycles. The molecule has 4 rings (SSSR count). The van der Waals surface area contributed by atoms with E-state index in [4.69, 9.17) is 0 Å². The smallest absolute Gasteiger partial charge is 0.303 e. The van der Waals surface area contributed by atoms with Crippen LogP contribution in [0.15, 0.2) is 53.8 Å². The number of carboxylic acid groups (broad SMARTS) is 1. The van der Waals surface area contributed by atoms with Crippen molar-refractivity contribution >= 4 is 23.5 Å². The SMILES string of the molecule is O=C(O)CC(CCC1CCN(C(=O)c2cccc(NC3=NCCCN3)c2)CC1)c1cccnc1. The normalized spacial score (nSPS) is 17.4. The van der Waals surface area contributed by atoms with Gasteiger partial charge in [-0.3, -0.25) is 19.6 Å². The van der Waals surface area contributed by atoms with Gasteiger partial charge in [0.15, 0.2) is 5.96 Å². The molecule has 1 fully saturated rings. The van der Waals surface area contributed by atoms with Gasteiger partial charge in [-0.15, -0.1) is 0 Å². The molecule has 34 heavy (non-hydrogen) atoms. The van der Waals surface area contributed by atoms with Crippen molar-refractivity contribution in [3.8, 4) is 0 Å². The van der Waals surface area contributed by atoms with E-state index < -0.39 is 5.97 Å². The molecular formula is C26H33N5O3. The minimum atomic E-state index is -0.780. The van der Waals surface area contributed by atoms with E-state index in [1.54, 1.807) is 12.4 Å². The summed E-state index contributed by atoms with van der Waals surface area (Å²) in [5.74, 6) is 0.506. The van der Waals surface area contributed by atoms with E-state index in [2.05, 4.69) is 20.6 Å². The maximum Gasteiger partial charge on any atom is 0.303 e. The molecule has 1 saturated heterocycles. The highest BCUT2D eigenvalue weighted by Gasteiger charge is 2.25. The predicted octanol–water partition coefficient (Wildman–Crippen LogP) is 3.73. The molecule has 1 amide bonds. The van der Waals surface area contributed by atoms with Crippen molar-refractivity contribution < 1.29 is 14.7 Å². The highest BCUT2D eigenvalue weighted by Crippen LogP contribution is 2.30. The van der Waals surface area contributed by atoms with Crippen molar-refractivity contribution in [2.45, 2.75) is 44.4 Å². The van der Waals surface area contributed by atoms with E-state index in [-0.39, 0.29) is 18.2 Å². The van der Waals surface area contributed by atoms with Crippen LogP contribution in [0.4, 0.5) is 5.69 Å². The topological polar surface area (TPSA) is 107 Å². The number of benzene rings is 1. The Balaban J connectivity index is 1.28. The number of likely N-dealkylation sites (tertiary alicyclic amines) is 1. The van der Waals surface area contributed by atoms with Crippen molar-refractivity contribution in [3.63, 3.8) is 0 Å². The molecule has 180 valence electrons. The summed E-state index contributed by atoms with van der Waals surface area (Å²) in [6.45, 7) is 3.17. The number of guanidine groups is 1. The number of rotatable bonds is 8. The van der Waals surface area contributed by atoms with Crippen LogP contribution in [0.3, 0.4) is 0 Å². The Hall–Kier alpha value is -3.42. The van der Waals surface area contributed by atoms with E-state index >= 15 is 0 Å². The molecule has 2 aliphatic heterocycles. The van der Waals surface area contributed by atoms with E-state index in [0.717, 1.165) is 75.5 Å². The number of aliphatic imine (C=N–C) groups is 1. The fraction of sp³-hybridized carbons (Fsp3) is 0.462. The van der Waals surface area contributed by atoms with Gasteiger partial charge in [-0.1, -0.05) is 12.1 Å². The minimum Gasteiger partial charge on any atom is -0.481 e. The number of pyridine rings is 1. The van der Waals surface area contributed by atoms with Crippen molar-refractivity contribution in [3.05, 3.63) is 59.9 Å². The van der Waals surface area contributed by atoms with Crippen molar-refractivity contribution in [1.29, 1.82) is 0 Å². The highest BCUT2D eigenvalue weighted by molar-refractivity contribution is 5.98. The van der Waals surface area contributed by atoms with Crippen LogP contribution in [-0.4, -0.2) is 59.0 Å². The monoisotopic (exact) mass is 463 g/mol. The number of nitrogens with zero attached hydrogens (tertiary/aromatic N) is 3. The lowest BCUT2D eigenvalue weighted by atomic mass is 9.85. The summed E-state index contributed by atoms with van der Waals surface area (Å²) >= 11 is 0.